The number of rotatable bonds is 5. The van der Waals surface area contributed by atoms with Crippen LogP contribution in [0.2, 0.25) is 5.02 Å². The molecule has 1 unspecified atom stereocenters. The highest BCUT2D eigenvalue weighted by atomic mass is 35.5. The molecule has 3 aromatic carbocycles. The third kappa shape index (κ3) is 3.82. The summed E-state index contributed by atoms with van der Waals surface area (Å²) in [4.78, 5) is 4.30. The number of hydrogen-bond acceptors (Lipinski definition) is 4. The Morgan fingerprint density at radius 3 is 2.59 bits per heavy atom. The second kappa shape index (κ2) is 7.97. The quantitative estimate of drug-likeness (QED) is 0.429. The number of benzene rings is 3. The summed E-state index contributed by atoms with van der Waals surface area (Å²) in [7, 11) is 1.55. The van der Waals surface area contributed by atoms with Crippen LogP contribution in [0.25, 0.3) is 10.9 Å². The predicted molar refractivity (Wildman–Crippen MR) is 113 cm³/mol. The molecular weight excluding hydrogens is 391 g/mol. The van der Waals surface area contributed by atoms with E-state index in [1.165, 1.54) is 12.1 Å². The molecule has 0 aliphatic rings. The van der Waals surface area contributed by atoms with Crippen LogP contribution in [-0.2, 0) is 0 Å². The van der Waals surface area contributed by atoms with E-state index in [1.54, 1.807) is 37.6 Å². The normalized spacial score (nSPS) is 12.0. The number of phenolic OH excluding ortho intramolecular Hbond substituents is 1. The Balaban J connectivity index is 1.82. The molecule has 0 aliphatic heterocycles. The molecule has 4 aromatic rings. The minimum atomic E-state index is -0.452. The van der Waals surface area contributed by atoms with E-state index >= 15 is 0 Å². The van der Waals surface area contributed by atoms with Gasteiger partial charge in [-0.3, -0.25) is 4.98 Å². The number of nitrogens with zero attached hydrogens (tertiary/aromatic N) is 1. The van der Waals surface area contributed by atoms with Crippen molar-refractivity contribution in [1.82, 2.24) is 4.98 Å². The largest absolute Gasteiger partial charge is 0.505 e. The third-order valence-electron chi connectivity index (χ3n) is 4.76. The highest BCUT2D eigenvalue weighted by Crippen LogP contribution is 2.37. The van der Waals surface area contributed by atoms with Gasteiger partial charge in [-0.15, -0.1) is 0 Å². The number of halogens is 2. The van der Waals surface area contributed by atoms with Gasteiger partial charge in [0.05, 0.1) is 18.2 Å². The van der Waals surface area contributed by atoms with Gasteiger partial charge < -0.3 is 15.2 Å². The van der Waals surface area contributed by atoms with Crippen molar-refractivity contribution in [2.24, 2.45) is 0 Å². The smallest absolute Gasteiger partial charge is 0.147 e. The molecular formula is C23H18ClFN2O2. The highest BCUT2D eigenvalue weighted by Gasteiger charge is 2.20. The van der Waals surface area contributed by atoms with E-state index in [0.717, 1.165) is 16.6 Å². The Kier molecular flexibility index (Phi) is 5.23. The van der Waals surface area contributed by atoms with Gasteiger partial charge in [-0.05, 0) is 42.0 Å². The maximum absolute atomic E-state index is 13.5. The molecule has 0 saturated heterocycles. The number of anilines is 1. The molecule has 0 fully saturated rings. The van der Waals surface area contributed by atoms with Crippen molar-refractivity contribution in [3.63, 3.8) is 0 Å². The maximum atomic E-state index is 13.5. The van der Waals surface area contributed by atoms with Crippen LogP contribution < -0.4 is 10.1 Å². The number of aromatic hydroxyl groups is 1. The number of nitrogens with one attached hydrogen (secondary N) is 1. The minimum Gasteiger partial charge on any atom is -0.505 e. The number of fused-ring (bicyclic) bond motifs is 1. The van der Waals surface area contributed by atoms with Crippen LogP contribution >= 0.6 is 11.6 Å². The molecule has 0 bridgehead atoms. The lowest BCUT2D eigenvalue weighted by Gasteiger charge is -2.23. The van der Waals surface area contributed by atoms with Crippen LogP contribution in [-0.4, -0.2) is 17.2 Å². The van der Waals surface area contributed by atoms with Crippen molar-refractivity contribution < 1.29 is 14.2 Å². The third-order valence-corrected chi connectivity index (χ3v) is 5.05. The van der Waals surface area contributed by atoms with E-state index in [4.69, 9.17) is 16.3 Å². The fourth-order valence-electron chi connectivity index (χ4n) is 3.30. The van der Waals surface area contributed by atoms with E-state index in [0.29, 0.717) is 21.9 Å². The molecule has 0 amide bonds. The van der Waals surface area contributed by atoms with Crippen LogP contribution in [0.4, 0.5) is 10.1 Å². The van der Waals surface area contributed by atoms with Crippen molar-refractivity contribution >= 4 is 28.2 Å². The monoisotopic (exact) mass is 408 g/mol. The molecule has 6 heteroatoms. The standard InChI is InChI=1S/C23H18ClFN2O2/c1-29-20-11-9-17(13-19(20)24)27-21(15-4-7-16(25)8-5-15)18-10-6-14-3-2-12-26-22(14)23(18)28/h2-13,21,27-28H,1H3. The SMILES string of the molecule is COc1ccc(NC(c2ccc(F)cc2)c2ccc3cccnc3c2O)cc1Cl. The summed E-state index contributed by atoms with van der Waals surface area (Å²) in [6, 6.07) is 18.5. The van der Waals surface area contributed by atoms with Crippen molar-refractivity contribution in [2.45, 2.75) is 6.04 Å². The lowest BCUT2D eigenvalue weighted by molar-refractivity contribution is 0.415. The zero-order valence-electron chi connectivity index (χ0n) is 15.6. The van der Waals surface area contributed by atoms with Gasteiger partial charge >= 0.3 is 0 Å². The molecule has 1 atom stereocenters. The van der Waals surface area contributed by atoms with E-state index in [1.807, 2.05) is 30.3 Å². The Hall–Kier alpha value is -3.31. The fraction of sp³-hybridized carbons (Fsp3) is 0.0870. The van der Waals surface area contributed by atoms with Gasteiger partial charge in [0.25, 0.3) is 0 Å². The van der Waals surface area contributed by atoms with E-state index in [-0.39, 0.29) is 11.6 Å². The van der Waals surface area contributed by atoms with Crippen LogP contribution in [0.5, 0.6) is 11.5 Å². The van der Waals surface area contributed by atoms with E-state index in [9.17, 15) is 9.50 Å². The number of ether oxygens (including phenoxy) is 1. The second-order valence-electron chi connectivity index (χ2n) is 6.56. The number of phenols is 1. The zero-order valence-corrected chi connectivity index (χ0v) is 16.3. The van der Waals surface area contributed by atoms with Crippen molar-refractivity contribution in [3.05, 3.63) is 94.9 Å². The van der Waals surface area contributed by atoms with Gasteiger partial charge in [0.15, 0.2) is 0 Å². The van der Waals surface area contributed by atoms with Gasteiger partial charge in [0, 0.05) is 22.8 Å². The summed E-state index contributed by atoms with van der Waals surface area (Å²) in [5.74, 6) is 0.308. The van der Waals surface area contributed by atoms with Crippen molar-refractivity contribution in [3.8, 4) is 11.5 Å². The van der Waals surface area contributed by atoms with Crippen molar-refractivity contribution in [2.75, 3.05) is 12.4 Å². The highest BCUT2D eigenvalue weighted by molar-refractivity contribution is 6.32. The first-order chi connectivity index (χ1) is 14.1. The summed E-state index contributed by atoms with van der Waals surface area (Å²) in [6.45, 7) is 0. The average molecular weight is 409 g/mol. The Morgan fingerprint density at radius 2 is 1.86 bits per heavy atom. The summed E-state index contributed by atoms with van der Waals surface area (Å²) in [5, 5.41) is 15.6. The topological polar surface area (TPSA) is 54.4 Å². The Labute approximate surface area is 172 Å². The predicted octanol–water partition coefficient (Wildman–Crippen LogP) is 5.94. The van der Waals surface area contributed by atoms with Gasteiger partial charge in [-0.25, -0.2) is 4.39 Å². The number of aromatic nitrogens is 1. The average Bonchev–Trinajstić information content (AvgIpc) is 2.74. The molecule has 146 valence electrons. The first kappa shape index (κ1) is 19.0. The van der Waals surface area contributed by atoms with Crippen LogP contribution in [0.1, 0.15) is 17.2 Å². The number of methoxy groups -OCH3 is 1. The fourth-order valence-corrected chi connectivity index (χ4v) is 3.55. The van der Waals surface area contributed by atoms with Crippen LogP contribution in [0, 0.1) is 5.82 Å². The molecule has 4 nitrogen and oxygen atoms in total. The molecule has 0 spiro atoms. The Morgan fingerprint density at radius 1 is 1.07 bits per heavy atom. The molecule has 1 heterocycles. The van der Waals surface area contributed by atoms with Gasteiger partial charge in [-0.1, -0.05) is 41.9 Å². The molecule has 2 N–H and O–H groups in total. The van der Waals surface area contributed by atoms with Gasteiger partial charge in [-0.2, -0.15) is 0 Å². The summed E-state index contributed by atoms with van der Waals surface area (Å²) < 4.78 is 18.7. The first-order valence-corrected chi connectivity index (χ1v) is 9.37. The molecule has 0 aliphatic carbocycles. The van der Waals surface area contributed by atoms with Crippen LogP contribution in [0.15, 0.2) is 72.9 Å². The molecule has 0 saturated carbocycles. The number of pyridine rings is 1. The molecule has 4 rings (SSSR count). The Bertz CT molecular complexity index is 1170. The van der Waals surface area contributed by atoms with Gasteiger partial charge in [0.1, 0.15) is 22.8 Å². The summed E-state index contributed by atoms with van der Waals surface area (Å²) >= 11 is 6.26. The maximum Gasteiger partial charge on any atom is 0.147 e. The lowest BCUT2D eigenvalue weighted by atomic mass is 9.96. The number of hydrogen-bond donors (Lipinski definition) is 2. The van der Waals surface area contributed by atoms with Crippen LogP contribution in [0.3, 0.4) is 0 Å². The summed E-state index contributed by atoms with van der Waals surface area (Å²) in [5.41, 5.74) is 2.64. The van der Waals surface area contributed by atoms with Gasteiger partial charge in [0.2, 0.25) is 0 Å². The summed E-state index contributed by atoms with van der Waals surface area (Å²) in [6.07, 6.45) is 1.63. The molecule has 29 heavy (non-hydrogen) atoms. The first-order valence-electron chi connectivity index (χ1n) is 8.99. The zero-order chi connectivity index (χ0) is 20.4. The second-order valence-corrected chi connectivity index (χ2v) is 6.96. The van der Waals surface area contributed by atoms with Crippen molar-refractivity contribution in [1.29, 1.82) is 0 Å². The van der Waals surface area contributed by atoms with E-state index in [2.05, 4.69) is 10.3 Å². The minimum absolute atomic E-state index is 0.0736. The molecule has 1 aromatic heterocycles. The molecule has 0 radical (unpaired) electrons. The lowest BCUT2D eigenvalue weighted by Crippen LogP contribution is -2.13. The van der Waals surface area contributed by atoms with E-state index < -0.39 is 6.04 Å².